The monoisotopic (exact) mass is 946 g/mol. The van der Waals surface area contributed by atoms with Gasteiger partial charge in [-0.25, -0.2) is 0 Å². The number of fused-ring (bicyclic) bond motifs is 6. The smallest absolute Gasteiger partial charge is 0.194 e. The van der Waals surface area contributed by atoms with E-state index in [1.165, 1.54) is 27.1 Å². The second-order valence-electron chi connectivity index (χ2n) is 15.4. The summed E-state index contributed by atoms with van der Waals surface area (Å²) in [6, 6.07) is 57.8. The van der Waals surface area contributed by atoms with Gasteiger partial charge in [-0.05, 0) is 89.7 Å². The standard InChI is InChI=1S/C31H19N2.C24H16NO.Ir/c1-2-8-20(9-3-1)29(30-27-16-23-12-6-4-10-21(23)14-25(27)18-32-30)31-28-17-24-13-7-5-11-22(24)15-26(28)19-33-31;1-14-10-15(2)12-16(11-14)23-19-8-5-9-20-22(19)21(13-25-23)17-6-3-4-7-18(17)24(20)26;/h1-19H;3-11,13H,1-2H3;/q2*-1;/b30-29-;;. The minimum absolute atomic E-state index is 0. The summed E-state index contributed by atoms with van der Waals surface area (Å²) in [6.07, 6.45) is 5.87. The van der Waals surface area contributed by atoms with Gasteiger partial charge in [-0.3, -0.25) is 9.79 Å². The van der Waals surface area contributed by atoms with E-state index in [0.717, 1.165) is 94.3 Å². The Morgan fingerprint density at radius 3 is 2.02 bits per heavy atom. The molecular weight excluding hydrogens is 911 g/mol. The van der Waals surface area contributed by atoms with E-state index in [1.807, 2.05) is 61.9 Å². The van der Waals surface area contributed by atoms with Gasteiger partial charge in [-0.2, -0.15) is 6.20 Å². The zero-order valence-electron chi connectivity index (χ0n) is 32.8. The maximum Gasteiger partial charge on any atom is 0.194 e. The third kappa shape index (κ3) is 6.22. The fraction of sp³-hybridized carbons (Fsp3) is 0.0364. The number of hydrogen-bond acceptors (Lipinski definition) is 3. The van der Waals surface area contributed by atoms with Crippen LogP contribution in [0.5, 0.6) is 0 Å². The van der Waals surface area contributed by atoms with Gasteiger partial charge in [0.2, 0.25) is 0 Å². The molecule has 0 unspecified atom stereocenters. The first-order valence-electron chi connectivity index (χ1n) is 19.9. The van der Waals surface area contributed by atoms with Crippen molar-refractivity contribution in [2.75, 3.05) is 0 Å². The van der Waals surface area contributed by atoms with Crippen LogP contribution in [0, 0.1) is 19.9 Å². The van der Waals surface area contributed by atoms with Crippen molar-refractivity contribution in [3.63, 3.8) is 0 Å². The molecule has 0 spiro atoms. The molecule has 0 saturated heterocycles. The Morgan fingerprint density at radius 1 is 0.583 bits per heavy atom. The Balaban J connectivity index is 0.000000146. The summed E-state index contributed by atoms with van der Waals surface area (Å²) in [5.41, 5.74) is 14.1. The van der Waals surface area contributed by atoms with Gasteiger partial charge in [0.05, 0.1) is 5.70 Å². The number of aryl methyl sites for hydroxylation is 2. The van der Waals surface area contributed by atoms with Crippen molar-refractivity contribution in [2.24, 2.45) is 4.99 Å². The van der Waals surface area contributed by atoms with E-state index in [4.69, 9.17) is 15.0 Å². The van der Waals surface area contributed by atoms with Crippen molar-refractivity contribution in [2.45, 2.75) is 13.8 Å². The summed E-state index contributed by atoms with van der Waals surface area (Å²) in [6.45, 7) is 4.12. The predicted octanol–water partition coefficient (Wildman–Crippen LogP) is 13.0. The summed E-state index contributed by atoms with van der Waals surface area (Å²) < 4.78 is 0. The number of aliphatic imine (C=N–C) groups is 1. The topological polar surface area (TPSA) is 56.4 Å². The van der Waals surface area contributed by atoms with Gasteiger partial charge in [0.1, 0.15) is 0 Å². The van der Waals surface area contributed by atoms with Crippen molar-refractivity contribution in [3.05, 3.63) is 221 Å². The van der Waals surface area contributed by atoms with Gasteiger partial charge in [0, 0.05) is 60.3 Å². The third-order valence-electron chi connectivity index (χ3n) is 11.6. The van der Waals surface area contributed by atoms with Gasteiger partial charge in [0.25, 0.3) is 0 Å². The number of pyridine rings is 1. The van der Waals surface area contributed by atoms with E-state index in [2.05, 4.69) is 134 Å². The number of nitrogens with zero attached hydrogens (tertiary/aromatic N) is 3. The predicted molar refractivity (Wildman–Crippen MR) is 243 cm³/mol. The summed E-state index contributed by atoms with van der Waals surface area (Å²) in [4.78, 5) is 27.7. The Kier molecular flexibility index (Phi) is 9.29. The molecule has 2 aliphatic rings. The molecule has 5 heteroatoms. The average Bonchev–Trinajstić information content (AvgIpc) is 3.87. The number of aromatic nitrogens is 2. The van der Waals surface area contributed by atoms with Gasteiger partial charge in [-0.15, -0.1) is 40.6 Å². The molecule has 10 aromatic rings. The minimum atomic E-state index is 0. The molecule has 3 heterocycles. The van der Waals surface area contributed by atoms with E-state index in [1.54, 1.807) is 0 Å². The fourth-order valence-corrected chi connectivity index (χ4v) is 8.93. The van der Waals surface area contributed by atoms with Gasteiger partial charge >= 0.3 is 0 Å². The van der Waals surface area contributed by atoms with Crippen molar-refractivity contribution in [1.29, 1.82) is 0 Å². The SMILES string of the molecule is C1=N/C(=C(/c2ccccc2)c2[n-]cc3cc4ccccc4cc23)c2cc3ccccc3cc21.Cc1[c-]c(-c2ncc3c4c(cccc24)C(=O)c2ccccc2-3)cc(C)c1.[Ir]. The molecule has 12 rings (SSSR count). The van der Waals surface area contributed by atoms with Crippen molar-refractivity contribution >= 4 is 66.4 Å². The number of ketones is 1. The second kappa shape index (κ2) is 15.0. The molecule has 2 aromatic heterocycles. The Bertz CT molecular complexity index is 3410. The molecule has 4 nitrogen and oxygen atoms in total. The first-order chi connectivity index (χ1) is 29.0. The summed E-state index contributed by atoms with van der Waals surface area (Å²) >= 11 is 0. The van der Waals surface area contributed by atoms with Gasteiger partial charge < -0.3 is 9.97 Å². The van der Waals surface area contributed by atoms with Crippen LogP contribution in [0.2, 0.25) is 0 Å². The molecule has 0 saturated carbocycles. The third-order valence-corrected chi connectivity index (χ3v) is 11.6. The molecule has 0 amide bonds. The van der Waals surface area contributed by atoms with Crippen LogP contribution in [0.15, 0.2) is 175 Å². The molecule has 1 aliphatic carbocycles. The van der Waals surface area contributed by atoms with Crippen molar-refractivity contribution in [1.82, 2.24) is 9.97 Å². The molecular formula is C55H35IrN3O-2. The molecule has 0 N–H and O–H groups in total. The quantitative estimate of drug-likeness (QED) is 0.166. The zero-order valence-corrected chi connectivity index (χ0v) is 35.2. The molecule has 287 valence electrons. The number of carbonyl (C=O) groups excluding carboxylic acids is 1. The molecule has 60 heavy (non-hydrogen) atoms. The summed E-state index contributed by atoms with van der Waals surface area (Å²) in [7, 11) is 0. The van der Waals surface area contributed by atoms with Crippen LogP contribution in [0.25, 0.3) is 76.7 Å². The zero-order chi connectivity index (χ0) is 39.6. The number of rotatable bonds is 3. The second-order valence-corrected chi connectivity index (χ2v) is 15.4. The molecule has 0 bridgehead atoms. The number of benzene rings is 8. The van der Waals surface area contributed by atoms with E-state index in [-0.39, 0.29) is 25.9 Å². The van der Waals surface area contributed by atoms with E-state index in [0.29, 0.717) is 0 Å². The van der Waals surface area contributed by atoms with E-state index < -0.39 is 0 Å². The van der Waals surface area contributed by atoms with Crippen LogP contribution in [0.3, 0.4) is 0 Å². The molecule has 0 fully saturated rings. The first-order valence-corrected chi connectivity index (χ1v) is 19.9. The average molecular weight is 946 g/mol. The van der Waals surface area contributed by atoms with E-state index in [9.17, 15) is 4.79 Å². The summed E-state index contributed by atoms with van der Waals surface area (Å²) in [5.74, 6) is 0.0836. The van der Waals surface area contributed by atoms with Crippen LogP contribution in [-0.4, -0.2) is 17.0 Å². The molecule has 1 radical (unpaired) electrons. The van der Waals surface area contributed by atoms with E-state index >= 15 is 0 Å². The van der Waals surface area contributed by atoms with Crippen LogP contribution < -0.4 is 4.98 Å². The van der Waals surface area contributed by atoms with Crippen LogP contribution in [0.1, 0.15) is 49.4 Å². The minimum Gasteiger partial charge on any atom is -0.663 e. The van der Waals surface area contributed by atoms with Crippen LogP contribution >= 0.6 is 0 Å². The normalized spacial score (nSPS) is 13.2. The Morgan fingerprint density at radius 2 is 1.25 bits per heavy atom. The molecule has 0 atom stereocenters. The fourth-order valence-electron chi connectivity index (χ4n) is 8.93. The van der Waals surface area contributed by atoms with Crippen LogP contribution in [0.4, 0.5) is 0 Å². The largest absolute Gasteiger partial charge is 0.663 e. The van der Waals surface area contributed by atoms with Gasteiger partial charge in [0.15, 0.2) is 5.78 Å². The van der Waals surface area contributed by atoms with Gasteiger partial charge in [-0.1, -0.05) is 135 Å². The maximum absolute atomic E-state index is 13.0. The van der Waals surface area contributed by atoms with Crippen LogP contribution in [-0.2, 0) is 20.1 Å². The number of carbonyl (C=O) groups is 1. The Labute approximate surface area is 361 Å². The first kappa shape index (κ1) is 37.2. The summed E-state index contributed by atoms with van der Waals surface area (Å²) in [5, 5.41) is 9.21. The van der Waals surface area contributed by atoms with Crippen molar-refractivity contribution < 1.29 is 24.9 Å². The number of hydrogen-bond donors (Lipinski definition) is 0. The molecule has 8 aromatic carbocycles. The molecule has 1 aliphatic heterocycles. The van der Waals surface area contributed by atoms with Crippen molar-refractivity contribution in [3.8, 4) is 22.4 Å². The Hall–Kier alpha value is -7.04. The maximum atomic E-state index is 13.0.